The standard InChI is InChI=1S/C24H28ClN3O3/c1-16(2)10-11-31-22-9-8-20(25)13-19(22)14-28-17(3)12-23(27-28)26-24(30)21-7-5-4-6-18(21)15-29/h4-9,12-13,16,29H,10-11,14-15H2,1-3H3,(H,26,27,30). The van der Waals surface area contributed by atoms with Gasteiger partial charge in [-0.15, -0.1) is 0 Å². The van der Waals surface area contributed by atoms with Crippen LogP contribution in [-0.2, 0) is 13.2 Å². The maximum atomic E-state index is 12.6. The number of aromatic nitrogens is 2. The fourth-order valence-electron chi connectivity index (χ4n) is 3.17. The van der Waals surface area contributed by atoms with Gasteiger partial charge in [-0.1, -0.05) is 43.6 Å². The third kappa shape index (κ3) is 6.09. The second-order valence-electron chi connectivity index (χ2n) is 7.88. The van der Waals surface area contributed by atoms with Gasteiger partial charge in [-0.05, 0) is 49.1 Å². The molecule has 0 fully saturated rings. The van der Waals surface area contributed by atoms with Crippen LogP contribution in [0.4, 0.5) is 5.82 Å². The molecule has 3 rings (SSSR count). The number of aryl methyl sites for hydroxylation is 1. The maximum Gasteiger partial charge on any atom is 0.257 e. The van der Waals surface area contributed by atoms with Gasteiger partial charge < -0.3 is 15.2 Å². The maximum absolute atomic E-state index is 12.6. The minimum Gasteiger partial charge on any atom is -0.493 e. The summed E-state index contributed by atoms with van der Waals surface area (Å²) in [6, 6.07) is 14.3. The molecule has 164 valence electrons. The summed E-state index contributed by atoms with van der Waals surface area (Å²) in [4.78, 5) is 12.6. The van der Waals surface area contributed by atoms with Crippen molar-refractivity contribution in [3.63, 3.8) is 0 Å². The Kier molecular flexibility index (Phi) is 7.71. The fraction of sp³-hybridized carbons (Fsp3) is 0.333. The van der Waals surface area contributed by atoms with Gasteiger partial charge in [0.05, 0.1) is 19.8 Å². The molecule has 0 atom stereocenters. The summed E-state index contributed by atoms with van der Waals surface area (Å²) >= 11 is 6.22. The monoisotopic (exact) mass is 441 g/mol. The molecule has 1 aromatic heterocycles. The van der Waals surface area contributed by atoms with E-state index in [2.05, 4.69) is 24.3 Å². The molecule has 7 heteroatoms. The molecular weight excluding hydrogens is 414 g/mol. The lowest BCUT2D eigenvalue weighted by atomic mass is 10.1. The highest BCUT2D eigenvalue weighted by Crippen LogP contribution is 2.25. The topological polar surface area (TPSA) is 76.4 Å². The molecule has 1 heterocycles. The van der Waals surface area contributed by atoms with Crippen molar-refractivity contribution >= 4 is 23.3 Å². The number of carbonyl (C=O) groups excluding carboxylic acids is 1. The van der Waals surface area contributed by atoms with E-state index in [-0.39, 0.29) is 12.5 Å². The van der Waals surface area contributed by atoms with Crippen LogP contribution in [0.1, 0.15) is 47.4 Å². The molecule has 31 heavy (non-hydrogen) atoms. The Labute approximate surface area is 187 Å². The Morgan fingerprint density at radius 2 is 1.97 bits per heavy atom. The highest BCUT2D eigenvalue weighted by molar-refractivity contribution is 6.30. The lowest BCUT2D eigenvalue weighted by Crippen LogP contribution is -2.15. The summed E-state index contributed by atoms with van der Waals surface area (Å²) in [5.74, 6) is 1.47. The number of carbonyl (C=O) groups is 1. The number of nitrogens with one attached hydrogen (secondary N) is 1. The molecule has 2 N–H and O–H groups in total. The zero-order valence-electron chi connectivity index (χ0n) is 18.1. The van der Waals surface area contributed by atoms with E-state index in [1.54, 1.807) is 28.9 Å². The van der Waals surface area contributed by atoms with E-state index in [1.807, 2.05) is 31.2 Å². The number of halogens is 1. The van der Waals surface area contributed by atoms with Crippen molar-refractivity contribution < 1.29 is 14.6 Å². The Morgan fingerprint density at radius 3 is 2.71 bits per heavy atom. The van der Waals surface area contributed by atoms with Crippen molar-refractivity contribution in [1.29, 1.82) is 0 Å². The predicted octanol–water partition coefficient (Wildman–Crippen LogP) is 5.06. The first-order valence-corrected chi connectivity index (χ1v) is 10.7. The molecule has 1 amide bonds. The highest BCUT2D eigenvalue weighted by atomic mass is 35.5. The number of hydrogen-bond acceptors (Lipinski definition) is 4. The minimum atomic E-state index is -0.310. The lowest BCUT2D eigenvalue weighted by molar-refractivity contribution is 0.102. The first kappa shape index (κ1) is 22.8. The number of anilines is 1. The molecule has 3 aromatic rings. The van der Waals surface area contributed by atoms with Crippen LogP contribution in [0.2, 0.25) is 5.02 Å². The van der Waals surface area contributed by atoms with Gasteiger partial charge in [0.25, 0.3) is 5.91 Å². The van der Waals surface area contributed by atoms with E-state index in [1.165, 1.54) is 0 Å². The smallest absolute Gasteiger partial charge is 0.257 e. The van der Waals surface area contributed by atoms with Crippen LogP contribution in [0, 0.1) is 12.8 Å². The molecule has 0 aliphatic heterocycles. The molecule has 0 spiro atoms. The van der Waals surface area contributed by atoms with E-state index < -0.39 is 0 Å². The van der Waals surface area contributed by atoms with Crippen LogP contribution in [0.5, 0.6) is 5.75 Å². The number of ether oxygens (including phenoxy) is 1. The largest absolute Gasteiger partial charge is 0.493 e. The third-order valence-electron chi connectivity index (χ3n) is 4.95. The molecule has 0 unspecified atom stereocenters. The van der Waals surface area contributed by atoms with Crippen molar-refractivity contribution in [2.75, 3.05) is 11.9 Å². The van der Waals surface area contributed by atoms with Gasteiger partial charge >= 0.3 is 0 Å². The highest BCUT2D eigenvalue weighted by Gasteiger charge is 2.14. The summed E-state index contributed by atoms with van der Waals surface area (Å²) in [6.45, 7) is 7.14. The quantitative estimate of drug-likeness (QED) is 0.486. The van der Waals surface area contributed by atoms with E-state index in [0.717, 1.165) is 23.4 Å². The minimum absolute atomic E-state index is 0.203. The zero-order chi connectivity index (χ0) is 22.4. The Balaban J connectivity index is 1.76. The molecule has 0 radical (unpaired) electrons. The van der Waals surface area contributed by atoms with Crippen molar-refractivity contribution in [3.05, 3.63) is 75.9 Å². The summed E-state index contributed by atoms with van der Waals surface area (Å²) in [5, 5.41) is 17.4. The molecule has 0 saturated carbocycles. The molecular formula is C24H28ClN3O3. The van der Waals surface area contributed by atoms with Gasteiger partial charge in [-0.3, -0.25) is 9.48 Å². The molecule has 0 saturated heterocycles. The number of rotatable bonds is 9. The number of amides is 1. The third-order valence-corrected chi connectivity index (χ3v) is 5.19. The number of benzene rings is 2. The number of aliphatic hydroxyl groups is 1. The number of aliphatic hydroxyl groups excluding tert-OH is 1. The Hall–Kier alpha value is -2.83. The second kappa shape index (κ2) is 10.5. The Morgan fingerprint density at radius 1 is 1.19 bits per heavy atom. The van der Waals surface area contributed by atoms with E-state index in [9.17, 15) is 9.90 Å². The Bertz CT molecular complexity index is 1050. The van der Waals surface area contributed by atoms with E-state index >= 15 is 0 Å². The van der Waals surface area contributed by atoms with E-state index in [4.69, 9.17) is 16.3 Å². The normalized spacial score (nSPS) is 11.0. The molecule has 0 aliphatic carbocycles. The summed E-state index contributed by atoms with van der Waals surface area (Å²) in [5.41, 5.74) is 2.80. The summed E-state index contributed by atoms with van der Waals surface area (Å²) in [7, 11) is 0. The number of hydrogen-bond donors (Lipinski definition) is 2. The average molecular weight is 442 g/mol. The van der Waals surface area contributed by atoms with Gasteiger partial charge in [-0.2, -0.15) is 5.10 Å². The molecule has 2 aromatic carbocycles. The van der Waals surface area contributed by atoms with Gasteiger partial charge in [0.1, 0.15) is 5.75 Å². The van der Waals surface area contributed by atoms with Crippen LogP contribution in [-0.4, -0.2) is 27.4 Å². The molecule has 0 aliphatic rings. The lowest BCUT2D eigenvalue weighted by Gasteiger charge is -2.14. The first-order valence-electron chi connectivity index (χ1n) is 10.3. The van der Waals surface area contributed by atoms with Crippen LogP contribution < -0.4 is 10.1 Å². The van der Waals surface area contributed by atoms with Gasteiger partial charge in [-0.25, -0.2) is 0 Å². The van der Waals surface area contributed by atoms with Gasteiger partial charge in [0.15, 0.2) is 5.82 Å². The molecule has 6 nitrogen and oxygen atoms in total. The molecule has 0 bridgehead atoms. The van der Waals surface area contributed by atoms with Crippen molar-refractivity contribution in [1.82, 2.24) is 9.78 Å². The van der Waals surface area contributed by atoms with Crippen LogP contribution in [0.15, 0.2) is 48.5 Å². The van der Waals surface area contributed by atoms with Gasteiger partial charge in [0, 0.05) is 27.9 Å². The van der Waals surface area contributed by atoms with Crippen LogP contribution in [0.3, 0.4) is 0 Å². The second-order valence-corrected chi connectivity index (χ2v) is 8.32. The SMILES string of the molecule is Cc1cc(NC(=O)c2ccccc2CO)nn1Cc1cc(Cl)ccc1OCCC(C)C. The van der Waals surface area contributed by atoms with Crippen molar-refractivity contribution in [3.8, 4) is 5.75 Å². The van der Waals surface area contributed by atoms with Crippen LogP contribution in [0.25, 0.3) is 0 Å². The van der Waals surface area contributed by atoms with E-state index in [0.29, 0.717) is 41.0 Å². The summed E-state index contributed by atoms with van der Waals surface area (Å²) in [6.07, 6.45) is 0.967. The predicted molar refractivity (Wildman–Crippen MR) is 123 cm³/mol. The summed E-state index contributed by atoms with van der Waals surface area (Å²) < 4.78 is 7.78. The fourth-order valence-corrected chi connectivity index (χ4v) is 3.37. The van der Waals surface area contributed by atoms with Crippen molar-refractivity contribution in [2.24, 2.45) is 5.92 Å². The van der Waals surface area contributed by atoms with Crippen molar-refractivity contribution in [2.45, 2.75) is 40.3 Å². The van der Waals surface area contributed by atoms with Gasteiger partial charge in [0.2, 0.25) is 0 Å². The first-order chi connectivity index (χ1) is 14.9. The zero-order valence-corrected chi connectivity index (χ0v) is 18.8. The number of nitrogens with zero attached hydrogens (tertiary/aromatic N) is 2. The average Bonchev–Trinajstić information content (AvgIpc) is 3.07. The van der Waals surface area contributed by atoms with Crippen LogP contribution >= 0.6 is 11.6 Å².